The molecule has 0 spiro atoms. The summed E-state index contributed by atoms with van der Waals surface area (Å²) in [5, 5.41) is 3.13. The van der Waals surface area contributed by atoms with Gasteiger partial charge in [0.15, 0.2) is 0 Å². The minimum Gasteiger partial charge on any atom is -0.350 e. The summed E-state index contributed by atoms with van der Waals surface area (Å²) in [7, 11) is 0. The highest BCUT2D eigenvalue weighted by Gasteiger charge is 2.36. The molecule has 2 aromatic carbocycles. The van der Waals surface area contributed by atoms with Crippen molar-refractivity contribution in [3.63, 3.8) is 0 Å². The van der Waals surface area contributed by atoms with Crippen molar-refractivity contribution in [1.82, 2.24) is 10.2 Å². The average molecular weight is 419 g/mol. The Labute approximate surface area is 186 Å². The van der Waals surface area contributed by atoms with Crippen molar-refractivity contribution in [3.8, 4) is 11.1 Å². The van der Waals surface area contributed by atoms with Crippen LogP contribution in [0.4, 0.5) is 0 Å². The second-order valence-corrected chi connectivity index (χ2v) is 9.29. The average Bonchev–Trinajstić information content (AvgIpc) is 2.74. The van der Waals surface area contributed by atoms with Crippen LogP contribution in [-0.2, 0) is 9.59 Å². The number of amides is 2. The molecule has 1 aliphatic heterocycles. The molecule has 4 nitrogen and oxygen atoms in total. The number of carbonyl (C=O) groups is 2. The van der Waals surface area contributed by atoms with Gasteiger partial charge < -0.3 is 10.2 Å². The van der Waals surface area contributed by atoms with E-state index in [1.165, 1.54) is 5.56 Å². The molecule has 2 aromatic rings. The topological polar surface area (TPSA) is 49.4 Å². The van der Waals surface area contributed by atoms with Gasteiger partial charge in [0.05, 0.1) is 0 Å². The smallest absolute Gasteiger partial charge is 0.247 e. The van der Waals surface area contributed by atoms with Crippen LogP contribution >= 0.6 is 0 Å². The number of nitrogens with one attached hydrogen (secondary N) is 1. The van der Waals surface area contributed by atoms with Gasteiger partial charge in [0.25, 0.3) is 0 Å². The summed E-state index contributed by atoms with van der Waals surface area (Å²) < 4.78 is 0. The highest BCUT2D eigenvalue weighted by atomic mass is 16.2. The van der Waals surface area contributed by atoms with Crippen molar-refractivity contribution in [2.45, 2.75) is 52.6 Å². The zero-order valence-electron chi connectivity index (χ0n) is 19.0. The molecule has 0 aliphatic carbocycles. The molecule has 1 saturated heterocycles. The Morgan fingerprint density at radius 2 is 1.58 bits per heavy atom. The van der Waals surface area contributed by atoms with Gasteiger partial charge >= 0.3 is 0 Å². The van der Waals surface area contributed by atoms with Crippen LogP contribution in [-0.4, -0.2) is 35.3 Å². The number of carbonyl (C=O) groups excluding carboxylic acids is 2. The van der Waals surface area contributed by atoms with Gasteiger partial charge in [-0.15, -0.1) is 0 Å². The van der Waals surface area contributed by atoms with Gasteiger partial charge in [-0.3, -0.25) is 9.59 Å². The lowest BCUT2D eigenvalue weighted by Gasteiger charge is -2.40. The largest absolute Gasteiger partial charge is 0.350 e. The second-order valence-electron chi connectivity index (χ2n) is 9.29. The fraction of sp³-hybridized carbons (Fsp3) is 0.407. The summed E-state index contributed by atoms with van der Waals surface area (Å²) in [4.78, 5) is 27.6. The van der Waals surface area contributed by atoms with Crippen molar-refractivity contribution < 1.29 is 9.59 Å². The summed E-state index contributed by atoms with van der Waals surface area (Å²) in [6, 6.07) is 18.0. The lowest BCUT2D eigenvalue weighted by molar-refractivity contribution is -0.142. The quantitative estimate of drug-likeness (QED) is 0.632. The molecule has 1 N–H and O–H groups in total. The molecule has 0 saturated carbocycles. The zero-order chi connectivity index (χ0) is 22.4. The van der Waals surface area contributed by atoms with Crippen molar-refractivity contribution >= 4 is 17.9 Å². The van der Waals surface area contributed by atoms with E-state index in [-0.39, 0.29) is 17.9 Å². The van der Waals surface area contributed by atoms with Crippen LogP contribution in [0, 0.1) is 11.8 Å². The van der Waals surface area contributed by atoms with Crippen LogP contribution in [0.15, 0.2) is 60.7 Å². The summed E-state index contributed by atoms with van der Waals surface area (Å²) in [5.74, 6) is 0.672. The number of benzene rings is 2. The molecule has 2 atom stereocenters. The minimum absolute atomic E-state index is 0.0124. The number of piperazine rings is 1. The molecule has 1 unspecified atom stereocenters. The van der Waals surface area contributed by atoms with Crippen LogP contribution in [0.25, 0.3) is 17.2 Å². The number of hydrogen-bond acceptors (Lipinski definition) is 2. The van der Waals surface area contributed by atoms with Gasteiger partial charge in [-0.1, -0.05) is 82.3 Å². The van der Waals surface area contributed by atoms with Crippen LogP contribution in [0.3, 0.4) is 0 Å². The summed E-state index contributed by atoms with van der Waals surface area (Å²) in [6.45, 7) is 9.01. The van der Waals surface area contributed by atoms with E-state index in [1.54, 1.807) is 11.0 Å². The number of nitrogens with zero attached hydrogens (tertiary/aromatic N) is 1. The minimum atomic E-state index is -0.402. The lowest BCUT2D eigenvalue weighted by Crippen LogP contribution is -2.61. The van der Waals surface area contributed by atoms with E-state index in [0.717, 1.165) is 17.5 Å². The first kappa shape index (κ1) is 22.8. The molecule has 2 amide bonds. The molecule has 0 aromatic heterocycles. The third kappa shape index (κ3) is 6.30. The van der Waals surface area contributed by atoms with Crippen molar-refractivity contribution in [1.29, 1.82) is 0 Å². The first-order valence-electron chi connectivity index (χ1n) is 11.3. The molecular formula is C27H34N2O2. The maximum absolute atomic E-state index is 13.1. The van der Waals surface area contributed by atoms with Crippen LogP contribution in [0.2, 0.25) is 0 Å². The molecular weight excluding hydrogens is 384 g/mol. The summed E-state index contributed by atoms with van der Waals surface area (Å²) in [5.41, 5.74) is 3.28. The fourth-order valence-electron chi connectivity index (χ4n) is 4.16. The predicted molar refractivity (Wildman–Crippen MR) is 127 cm³/mol. The number of hydrogen-bond donors (Lipinski definition) is 1. The molecule has 164 valence electrons. The Morgan fingerprint density at radius 1 is 0.968 bits per heavy atom. The fourth-order valence-corrected chi connectivity index (χ4v) is 4.16. The Balaban J connectivity index is 1.73. The second kappa shape index (κ2) is 10.4. The van der Waals surface area contributed by atoms with Crippen molar-refractivity contribution in [2.75, 3.05) is 6.54 Å². The van der Waals surface area contributed by atoms with Crippen LogP contribution < -0.4 is 5.32 Å². The molecule has 31 heavy (non-hydrogen) atoms. The first-order valence-corrected chi connectivity index (χ1v) is 11.3. The molecule has 0 bridgehead atoms. The van der Waals surface area contributed by atoms with Crippen LogP contribution in [0.5, 0.6) is 0 Å². The molecule has 1 fully saturated rings. The van der Waals surface area contributed by atoms with E-state index in [0.29, 0.717) is 24.8 Å². The maximum Gasteiger partial charge on any atom is 0.247 e. The Kier molecular flexibility index (Phi) is 7.67. The molecule has 4 heteroatoms. The first-order chi connectivity index (χ1) is 14.8. The third-order valence-corrected chi connectivity index (χ3v) is 5.61. The van der Waals surface area contributed by atoms with E-state index in [2.05, 4.69) is 57.3 Å². The molecule has 0 radical (unpaired) electrons. The van der Waals surface area contributed by atoms with Gasteiger partial charge in [0.1, 0.15) is 6.04 Å². The van der Waals surface area contributed by atoms with Gasteiger partial charge in [-0.05, 0) is 47.4 Å². The predicted octanol–water partition coefficient (Wildman–Crippen LogP) is 5.15. The van der Waals surface area contributed by atoms with Crippen molar-refractivity contribution in [3.05, 3.63) is 66.2 Å². The van der Waals surface area contributed by atoms with Gasteiger partial charge in [0, 0.05) is 18.7 Å². The Bertz CT molecular complexity index is 901. The third-order valence-electron chi connectivity index (χ3n) is 5.61. The zero-order valence-corrected chi connectivity index (χ0v) is 19.0. The van der Waals surface area contributed by atoms with Crippen LogP contribution in [0.1, 0.15) is 46.1 Å². The highest BCUT2D eigenvalue weighted by molar-refractivity contribution is 5.96. The van der Waals surface area contributed by atoms with E-state index in [9.17, 15) is 9.59 Å². The van der Waals surface area contributed by atoms with E-state index >= 15 is 0 Å². The molecule has 1 heterocycles. The Morgan fingerprint density at radius 3 is 2.19 bits per heavy atom. The maximum atomic E-state index is 13.1. The van der Waals surface area contributed by atoms with E-state index in [1.807, 2.05) is 36.4 Å². The van der Waals surface area contributed by atoms with Gasteiger partial charge in [-0.2, -0.15) is 0 Å². The van der Waals surface area contributed by atoms with E-state index in [4.69, 9.17) is 0 Å². The van der Waals surface area contributed by atoms with Gasteiger partial charge in [-0.25, -0.2) is 0 Å². The SMILES string of the molecule is CC(C)CC1C(=O)N[C@@H](CC(C)C)CN1C(=O)/C=C/c1ccc(-c2ccccc2)cc1. The molecule has 3 rings (SSSR count). The monoisotopic (exact) mass is 418 g/mol. The van der Waals surface area contributed by atoms with Gasteiger partial charge in [0.2, 0.25) is 11.8 Å². The summed E-state index contributed by atoms with van der Waals surface area (Å²) >= 11 is 0. The normalized spacial score (nSPS) is 19.3. The highest BCUT2D eigenvalue weighted by Crippen LogP contribution is 2.22. The lowest BCUT2D eigenvalue weighted by atomic mass is 9.95. The standard InChI is InChI=1S/C27H34N2O2/c1-19(2)16-24-18-29(25(17-20(3)4)27(31)28-24)26(30)15-12-21-10-13-23(14-11-21)22-8-6-5-7-9-22/h5-15,19-20,24-25H,16-18H2,1-4H3,(H,28,31)/b15-12+/t24-,25?/m0/s1. The molecule has 1 aliphatic rings. The van der Waals surface area contributed by atoms with E-state index < -0.39 is 6.04 Å². The van der Waals surface area contributed by atoms with Crippen molar-refractivity contribution in [2.24, 2.45) is 11.8 Å². The number of rotatable bonds is 7. The summed E-state index contributed by atoms with van der Waals surface area (Å²) in [6.07, 6.45) is 4.99. The Hall–Kier alpha value is -2.88.